The molecule has 5 nitrogen and oxygen atoms in total. The average Bonchev–Trinajstić information content (AvgIpc) is 3.08. The zero-order valence-corrected chi connectivity index (χ0v) is 20.3. The van der Waals surface area contributed by atoms with Crippen molar-refractivity contribution < 1.29 is 18.7 Å². The molecule has 2 amide bonds. The van der Waals surface area contributed by atoms with Crippen LogP contribution in [0.5, 0.6) is 5.75 Å². The minimum Gasteiger partial charge on any atom is -0.484 e. The fourth-order valence-corrected chi connectivity index (χ4v) is 4.62. The van der Waals surface area contributed by atoms with Crippen molar-refractivity contribution in [2.45, 2.75) is 6.92 Å². The Balaban J connectivity index is 1.41. The third kappa shape index (κ3) is 5.64. The fraction of sp³-hybridized carbons (Fsp3) is 0.0800. The zero-order chi connectivity index (χ0) is 24.2. The van der Waals surface area contributed by atoms with Gasteiger partial charge in [0.05, 0.1) is 10.6 Å². The number of nitrogens with one attached hydrogen (secondary N) is 1. The van der Waals surface area contributed by atoms with Gasteiger partial charge in [0.1, 0.15) is 11.6 Å². The Kier molecular flexibility index (Phi) is 7.31. The van der Waals surface area contributed by atoms with E-state index in [9.17, 15) is 14.0 Å². The third-order valence-corrected chi connectivity index (χ3v) is 6.57. The molecule has 0 saturated carbocycles. The van der Waals surface area contributed by atoms with E-state index in [0.29, 0.717) is 36.9 Å². The summed E-state index contributed by atoms with van der Waals surface area (Å²) in [6, 6.07) is 17.9. The van der Waals surface area contributed by atoms with Crippen LogP contribution in [0, 0.1) is 12.7 Å². The van der Waals surface area contributed by atoms with Crippen molar-refractivity contribution in [3.8, 4) is 5.75 Å². The number of hydrogen-bond acceptors (Lipinski definition) is 5. The molecule has 9 heteroatoms. The van der Waals surface area contributed by atoms with Crippen molar-refractivity contribution in [1.29, 1.82) is 0 Å². The molecule has 4 rings (SSSR count). The molecule has 1 N–H and O–H groups in total. The minimum absolute atomic E-state index is 0.193. The van der Waals surface area contributed by atoms with E-state index in [1.165, 1.54) is 29.2 Å². The number of rotatable bonds is 6. The van der Waals surface area contributed by atoms with Gasteiger partial charge < -0.3 is 10.1 Å². The molecule has 1 heterocycles. The van der Waals surface area contributed by atoms with Crippen LogP contribution >= 0.6 is 35.6 Å². The average molecular weight is 513 g/mol. The molecule has 1 aliphatic heterocycles. The molecule has 1 fully saturated rings. The highest BCUT2D eigenvalue weighted by molar-refractivity contribution is 8.27. The molecular weight excluding hydrogens is 495 g/mol. The second-order valence-electron chi connectivity index (χ2n) is 7.37. The predicted molar refractivity (Wildman–Crippen MR) is 139 cm³/mol. The number of anilines is 2. The number of aryl methyl sites for hydroxylation is 1. The van der Waals surface area contributed by atoms with Crippen LogP contribution in [0.3, 0.4) is 0 Å². The number of benzene rings is 3. The van der Waals surface area contributed by atoms with Gasteiger partial charge in [-0.1, -0.05) is 53.8 Å². The molecule has 0 atom stereocenters. The largest absolute Gasteiger partial charge is 0.484 e. The lowest BCUT2D eigenvalue weighted by Gasteiger charge is -2.14. The molecule has 3 aromatic rings. The van der Waals surface area contributed by atoms with Crippen molar-refractivity contribution >= 4 is 69.2 Å². The fourth-order valence-electron chi connectivity index (χ4n) is 3.14. The van der Waals surface area contributed by atoms with Gasteiger partial charge in [-0.2, -0.15) is 0 Å². The highest BCUT2D eigenvalue weighted by atomic mass is 35.5. The van der Waals surface area contributed by atoms with Crippen LogP contribution in [0.15, 0.2) is 71.6 Å². The summed E-state index contributed by atoms with van der Waals surface area (Å²) in [6.07, 6.45) is 1.70. The van der Waals surface area contributed by atoms with Gasteiger partial charge in [0, 0.05) is 10.7 Å². The van der Waals surface area contributed by atoms with Gasteiger partial charge in [-0.15, -0.1) is 0 Å². The Labute approximate surface area is 210 Å². The van der Waals surface area contributed by atoms with Crippen LogP contribution in [0.4, 0.5) is 15.8 Å². The Morgan fingerprint density at radius 1 is 1.18 bits per heavy atom. The maximum Gasteiger partial charge on any atom is 0.270 e. The van der Waals surface area contributed by atoms with Crippen LogP contribution in [0.1, 0.15) is 11.1 Å². The number of thiocarbonyl (C=S) groups is 1. The maximum atomic E-state index is 13.2. The van der Waals surface area contributed by atoms with E-state index in [4.69, 9.17) is 28.6 Å². The Morgan fingerprint density at radius 2 is 1.94 bits per heavy atom. The van der Waals surface area contributed by atoms with E-state index < -0.39 is 5.82 Å². The van der Waals surface area contributed by atoms with Gasteiger partial charge in [0.2, 0.25) is 0 Å². The smallest absolute Gasteiger partial charge is 0.270 e. The van der Waals surface area contributed by atoms with E-state index in [1.54, 1.807) is 36.4 Å². The van der Waals surface area contributed by atoms with Gasteiger partial charge in [0.25, 0.3) is 11.8 Å². The molecule has 0 unspecified atom stereocenters. The van der Waals surface area contributed by atoms with E-state index >= 15 is 0 Å². The number of carbonyl (C=O) groups is 2. The highest BCUT2D eigenvalue weighted by Gasteiger charge is 2.33. The molecule has 0 radical (unpaired) electrons. The number of thioether (sulfide) groups is 1. The minimum atomic E-state index is -0.391. The molecule has 1 aliphatic rings. The first-order valence-corrected chi connectivity index (χ1v) is 11.7. The SMILES string of the molecule is Cc1ccc(NC(=O)COc2cccc(/C=C3\SC(=S)N(c4ccc(F)cc4)C3=O)c2)cc1Cl. The number of amides is 2. The summed E-state index contributed by atoms with van der Waals surface area (Å²) in [6.45, 7) is 1.69. The number of halogens is 2. The van der Waals surface area contributed by atoms with E-state index in [2.05, 4.69) is 5.32 Å². The lowest BCUT2D eigenvalue weighted by atomic mass is 10.2. The molecule has 3 aromatic carbocycles. The maximum absolute atomic E-state index is 13.2. The van der Waals surface area contributed by atoms with Crippen molar-refractivity contribution in [2.75, 3.05) is 16.8 Å². The number of hydrogen-bond donors (Lipinski definition) is 1. The predicted octanol–water partition coefficient (Wildman–Crippen LogP) is 6.21. The van der Waals surface area contributed by atoms with Gasteiger partial charge in [-0.3, -0.25) is 14.5 Å². The lowest BCUT2D eigenvalue weighted by Crippen LogP contribution is -2.27. The van der Waals surface area contributed by atoms with Gasteiger partial charge in [-0.25, -0.2) is 4.39 Å². The molecule has 172 valence electrons. The van der Waals surface area contributed by atoms with Gasteiger partial charge in [0.15, 0.2) is 10.9 Å². The Hall–Kier alpha value is -3.20. The normalized spacial score (nSPS) is 14.6. The number of carbonyl (C=O) groups excluding carboxylic acids is 2. The molecule has 0 aliphatic carbocycles. The van der Waals surface area contributed by atoms with Crippen LogP contribution in [0.2, 0.25) is 5.02 Å². The van der Waals surface area contributed by atoms with E-state index in [0.717, 1.165) is 17.3 Å². The first-order chi connectivity index (χ1) is 16.3. The first kappa shape index (κ1) is 23.9. The van der Waals surface area contributed by atoms with Crippen LogP contribution < -0.4 is 15.0 Å². The van der Waals surface area contributed by atoms with Gasteiger partial charge >= 0.3 is 0 Å². The van der Waals surface area contributed by atoms with Crippen molar-refractivity contribution in [2.24, 2.45) is 0 Å². The van der Waals surface area contributed by atoms with Crippen molar-refractivity contribution in [1.82, 2.24) is 0 Å². The molecule has 0 aromatic heterocycles. The monoisotopic (exact) mass is 512 g/mol. The van der Waals surface area contributed by atoms with Crippen molar-refractivity contribution in [3.05, 3.63) is 93.6 Å². The molecule has 0 spiro atoms. The summed E-state index contributed by atoms with van der Waals surface area (Å²) < 4.78 is 19.2. The number of nitrogens with zero attached hydrogens (tertiary/aromatic N) is 1. The third-order valence-electron chi connectivity index (χ3n) is 4.86. The summed E-state index contributed by atoms with van der Waals surface area (Å²) in [5.74, 6) is -0.535. The van der Waals surface area contributed by atoms with Gasteiger partial charge in [-0.05, 0) is 72.7 Å². The summed E-state index contributed by atoms with van der Waals surface area (Å²) in [5.41, 5.74) is 2.72. The van der Waals surface area contributed by atoms with Crippen molar-refractivity contribution in [3.63, 3.8) is 0 Å². The molecule has 34 heavy (non-hydrogen) atoms. The Bertz CT molecular complexity index is 1310. The lowest BCUT2D eigenvalue weighted by molar-refractivity contribution is -0.118. The molecule has 0 bridgehead atoms. The topological polar surface area (TPSA) is 58.6 Å². The second kappa shape index (κ2) is 10.4. The second-order valence-corrected chi connectivity index (χ2v) is 9.45. The number of ether oxygens (including phenoxy) is 1. The summed E-state index contributed by atoms with van der Waals surface area (Å²) in [5, 5.41) is 3.30. The quantitative estimate of drug-likeness (QED) is 0.314. The van der Waals surface area contributed by atoms with Crippen LogP contribution in [0.25, 0.3) is 6.08 Å². The molecule has 1 saturated heterocycles. The summed E-state index contributed by atoms with van der Waals surface area (Å²) in [4.78, 5) is 26.9. The van der Waals surface area contributed by atoms with E-state index in [1.807, 2.05) is 19.1 Å². The van der Waals surface area contributed by atoms with Crippen LogP contribution in [-0.2, 0) is 9.59 Å². The summed E-state index contributed by atoms with van der Waals surface area (Å²) in [7, 11) is 0. The standard InChI is InChI=1S/C25H18ClFN2O3S2/c1-15-5-8-18(13-21(15)26)28-23(30)14-32-20-4-2-3-16(11-20)12-22-24(31)29(25(33)34-22)19-9-6-17(27)7-10-19/h2-13H,14H2,1H3,(H,28,30)/b22-12-. The molecular formula is C25H18ClFN2O3S2. The Morgan fingerprint density at radius 3 is 2.68 bits per heavy atom. The van der Waals surface area contributed by atoms with Crippen LogP contribution in [-0.4, -0.2) is 22.7 Å². The first-order valence-electron chi connectivity index (χ1n) is 10.1. The summed E-state index contributed by atoms with van der Waals surface area (Å²) >= 11 is 12.6. The van der Waals surface area contributed by atoms with E-state index in [-0.39, 0.29) is 18.4 Å². The highest BCUT2D eigenvalue weighted by Crippen LogP contribution is 2.36. The zero-order valence-electron chi connectivity index (χ0n) is 17.9.